The third-order valence-corrected chi connectivity index (χ3v) is 5.11. The second-order valence-corrected chi connectivity index (χ2v) is 8.18. The molecule has 1 amide bonds. The highest BCUT2D eigenvalue weighted by molar-refractivity contribution is 7.92. The number of fused-ring (bicyclic) bond motifs is 1. The molecule has 1 N–H and O–H groups in total. The Morgan fingerprint density at radius 2 is 1.96 bits per heavy atom. The van der Waals surface area contributed by atoms with Crippen LogP contribution in [0.5, 0.6) is 11.5 Å². The van der Waals surface area contributed by atoms with Gasteiger partial charge in [0.2, 0.25) is 10.0 Å². The van der Waals surface area contributed by atoms with Crippen LogP contribution in [-0.4, -0.2) is 46.6 Å². The summed E-state index contributed by atoms with van der Waals surface area (Å²) >= 11 is 0. The van der Waals surface area contributed by atoms with Gasteiger partial charge in [0.05, 0.1) is 18.2 Å². The maximum atomic E-state index is 12.3. The van der Waals surface area contributed by atoms with Crippen molar-refractivity contribution >= 4 is 27.8 Å². The molecule has 0 aliphatic carbocycles. The van der Waals surface area contributed by atoms with Gasteiger partial charge in [-0.2, -0.15) is 5.10 Å². The summed E-state index contributed by atoms with van der Waals surface area (Å²) < 4.78 is 36.3. The second-order valence-electron chi connectivity index (χ2n) is 6.27. The first-order chi connectivity index (χ1) is 13.3. The van der Waals surface area contributed by atoms with Crippen LogP contribution in [0.1, 0.15) is 11.1 Å². The lowest BCUT2D eigenvalue weighted by atomic mass is 10.2. The van der Waals surface area contributed by atoms with Gasteiger partial charge in [-0.3, -0.25) is 9.10 Å². The molecule has 1 aliphatic rings. The molecule has 0 atom stereocenters. The van der Waals surface area contributed by atoms with Crippen LogP contribution in [0.2, 0.25) is 0 Å². The summed E-state index contributed by atoms with van der Waals surface area (Å²) in [6.07, 6.45) is 2.49. The molecule has 2 aromatic rings. The zero-order chi connectivity index (χ0) is 20.1. The van der Waals surface area contributed by atoms with Crippen LogP contribution < -0.4 is 19.2 Å². The van der Waals surface area contributed by atoms with E-state index in [1.54, 1.807) is 36.4 Å². The molecule has 0 aromatic heterocycles. The number of carbonyl (C=O) groups is 1. The lowest BCUT2D eigenvalue weighted by Crippen LogP contribution is -2.39. The zero-order valence-electron chi connectivity index (χ0n) is 15.6. The van der Waals surface area contributed by atoms with Gasteiger partial charge in [0, 0.05) is 5.56 Å². The predicted octanol–water partition coefficient (Wildman–Crippen LogP) is 1.68. The van der Waals surface area contributed by atoms with Crippen molar-refractivity contribution in [2.24, 2.45) is 5.10 Å². The Labute approximate surface area is 163 Å². The van der Waals surface area contributed by atoms with Gasteiger partial charge in [0.1, 0.15) is 19.8 Å². The molecule has 0 bridgehead atoms. The molecule has 0 unspecified atom stereocenters. The normalized spacial score (nSPS) is 13.4. The van der Waals surface area contributed by atoms with E-state index >= 15 is 0 Å². The van der Waals surface area contributed by atoms with Gasteiger partial charge in [0.15, 0.2) is 11.5 Å². The van der Waals surface area contributed by atoms with Crippen LogP contribution in [0.3, 0.4) is 0 Å². The van der Waals surface area contributed by atoms with E-state index in [1.807, 2.05) is 13.0 Å². The summed E-state index contributed by atoms with van der Waals surface area (Å²) in [4.78, 5) is 12.3. The first-order valence-electron chi connectivity index (χ1n) is 8.59. The molecule has 1 heterocycles. The fourth-order valence-corrected chi connectivity index (χ4v) is 3.57. The summed E-state index contributed by atoms with van der Waals surface area (Å²) in [7, 11) is -3.63. The first-order valence-corrected chi connectivity index (χ1v) is 10.4. The summed E-state index contributed by atoms with van der Waals surface area (Å²) in [6.45, 7) is 2.38. The molecule has 8 nitrogen and oxygen atoms in total. The van der Waals surface area contributed by atoms with E-state index in [1.165, 1.54) is 6.21 Å². The lowest BCUT2D eigenvalue weighted by Gasteiger charge is -2.21. The summed E-state index contributed by atoms with van der Waals surface area (Å²) in [5, 5.41) is 3.91. The highest BCUT2D eigenvalue weighted by Crippen LogP contribution is 2.32. The van der Waals surface area contributed by atoms with Crippen molar-refractivity contribution in [1.29, 1.82) is 0 Å². The number of hydrogen-bond acceptors (Lipinski definition) is 6. The molecule has 0 fully saturated rings. The number of hydrogen-bond donors (Lipinski definition) is 1. The minimum absolute atomic E-state index is 0.383. The maximum Gasteiger partial charge on any atom is 0.260 e. The highest BCUT2D eigenvalue weighted by atomic mass is 32.2. The van der Waals surface area contributed by atoms with Crippen molar-refractivity contribution in [1.82, 2.24) is 5.43 Å². The van der Waals surface area contributed by atoms with Gasteiger partial charge in [-0.25, -0.2) is 13.8 Å². The second kappa shape index (κ2) is 8.30. The summed E-state index contributed by atoms with van der Waals surface area (Å²) in [5.74, 6) is 0.610. The number of aryl methyl sites for hydroxylation is 1. The molecule has 3 rings (SSSR count). The molecular weight excluding hydrogens is 382 g/mol. The molecule has 9 heteroatoms. The SMILES string of the molecule is Cc1cccc(N(CC(=O)N/N=C\c2cccc3c2OCCO3)S(C)(=O)=O)c1. The van der Waals surface area contributed by atoms with E-state index < -0.39 is 15.9 Å². The molecule has 0 spiro atoms. The number of rotatable bonds is 6. The average Bonchev–Trinajstić information content (AvgIpc) is 2.65. The number of amides is 1. The molecule has 28 heavy (non-hydrogen) atoms. The standard InChI is InChI=1S/C19H21N3O5S/c1-14-5-3-7-16(11-14)22(28(2,24)25)13-18(23)21-20-12-15-6-4-8-17-19(15)27-10-9-26-17/h3-8,11-12H,9-10,13H2,1-2H3,(H,21,23)/b20-12-. The zero-order valence-corrected chi connectivity index (χ0v) is 16.4. The smallest absolute Gasteiger partial charge is 0.260 e. The Hall–Kier alpha value is -3.07. The molecule has 0 saturated heterocycles. The predicted molar refractivity (Wildman–Crippen MR) is 107 cm³/mol. The van der Waals surface area contributed by atoms with E-state index in [0.717, 1.165) is 16.1 Å². The topological polar surface area (TPSA) is 97.3 Å². The van der Waals surface area contributed by atoms with E-state index in [-0.39, 0.29) is 6.54 Å². The van der Waals surface area contributed by atoms with Gasteiger partial charge < -0.3 is 9.47 Å². The first kappa shape index (κ1) is 19.7. The van der Waals surface area contributed by atoms with E-state index in [4.69, 9.17) is 9.47 Å². The van der Waals surface area contributed by atoms with Gasteiger partial charge in [-0.1, -0.05) is 18.2 Å². The van der Waals surface area contributed by atoms with Crippen LogP contribution in [-0.2, 0) is 14.8 Å². The van der Waals surface area contributed by atoms with Crippen LogP contribution in [0, 0.1) is 6.92 Å². The summed E-state index contributed by atoms with van der Waals surface area (Å²) in [5.41, 5.74) is 4.31. The van der Waals surface area contributed by atoms with Crippen LogP contribution in [0.25, 0.3) is 0 Å². The van der Waals surface area contributed by atoms with Crippen molar-refractivity contribution < 1.29 is 22.7 Å². The number of hydrazone groups is 1. The molecule has 1 aliphatic heterocycles. The van der Waals surface area contributed by atoms with Gasteiger partial charge in [0.25, 0.3) is 5.91 Å². The minimum atomic E-state index is -3.63. The largest absolute Gasteiger partial charge is 0.486 e. The fraction of sp³-hybridized carbons (Fsp3) is 0.263. The third-order valence-electron chi connectivity index (χ3n) is 3.97. The van der Waals surface area contributed by atoms with Gasteiger partial charge in [-0.15, -0.1) is 0 Å². The van der Waals surface area contributed by atoms with Crippen molar-refractivity contribution in [3.8, 4) is 11.5 Å². The fourth-order valence-electron chi connectivity index (χ4n) is 2.72. The van der Waals surface area contributed by atoms with Gasteiger partial charge >= 0.3 is 0 Å². The molecule has 0 saturated carbocycles. The highest BCUT2D eigenvalue weighted by Gasteiger charge is 2.21. The average molecular weight is 403 g/mol. The molecule has 148 valence electrons. The lowest BCUT2D eigenvalue weighted by molar-refractivity contribution is -0.119. The Bertz CT molecular complexity index is 1000. The van der Waals surface area contributed by atoms with Crippen molar-refractivity contribution in [3.63, 3.8) is 0 Å². The van der Waals surface area contributed by atoms with Crippen LogP contribution >= 0.6 is 0 Å². The van der Waals surface area contributed by atoms with Gasteiger partial charge in [-0.05, 0) is 36.8 Å². The number of nitrogens with zero attached hydrogens (tertiary/aromatic N) is 2. The van der Waals surface area contributed by atoms with Crippen molar-refractivity contribution in [2.75, 3.05) is 30.3 Å². The molecular formula is C19H21N3O5S. The number of carbonyl (C=O) groups excluding carboxylic acids is 1. The van der Waals surface area contributed by atoms with Crippen molar-refractivity contribution in [2.45, 2.75) is 6.92 Å². The Kier molecular flexibility index (Phi) is 5.84. The van der Waals surface area contributed by atoms with Crippen LogP contribution in [0.15, 0.2) is 47.6 Å². The summed E-state index contributed by atoms with van der Waals surface area (Å²) in [6, 6.07) is 12.3. The Morgan fingerprint density at radius 3 is 2.71 bits per heavy atom. The van der Waals surface area contributed by atoms with E-state index in [0.29, 0.717) is 36.0 Å². The Morgan fingerprint density at radius 1 is 1.21 bits per heavy atom. The number of benzene rings is 2. The number of ether oxygens (including phenoxy) is 2. The number of para-hydroxylation sites is 1. The number of sulfonamides is 1. The third kappa shape index (κ3) is 4.80. The molecule has 0 radical (unpaired) electrons. The quantitative estimate of drug-likeness (QED) is 0.585. The van der Waals surface area contributed by atoms with Crippen molar-refractivity contribution in [3.05, 3.63) is 53.6 Å². The minimum Gasteiger partial charge on any atom is -0.486 e. The van der Waals surface area contributed by atoms with E-state index in [2.05, 4.69) is 10.5 Å². The monoisotopic (exact) mass is 403 g/mol. The Balaban J connectivity index is 1.70. The maximum absolute atomic E-state index is 12.3. The van der Waals surface area contributed by atoms with Crippen LogP contribution in [0.4, 0.5) is 5.69 Å². The molecule has 2 aromatic carbocycles. The number of nitrogens with one attached hydrogen (secondary N) is 1. The van der Waals surface area contributed by atoms with E-state index in [9.17, 15) is 13.2 Å². The number of anilines is 1.